The van der Waals surface area contributed by atoms with E-state index in [1.807, 2.05) is 31.1 Å². The van der Waals surface area contributed by atoms with Gasteiger partial charge in [-0.3, -0.25) is 9.59 Å². The number of hydrogen-bond donors (Lipinski definition) is 1. The predicted molar refractivity (Wildman–Crippen MR) is 142 cm³/mol. The van der Waals surface area contributed by atoms with Crippen LogP contribution >= 0.6 is 0 Å². The lowest BCUT2D eigenvalue weighted by atomic mass is 10.1. The summed E-state index contributed by atoms with van der Waals surface area (Å²) < 4.78 is 24.7. The van der Waals surface area contributed by atoms with E-state index in [4.69, 9.17) is 9.47 Å². The lowest BCUT2D eigenvalue weighted by molar-refractivity contribution is 0.0507. The molecule has 0 saturated carbocycles. The fourth-order valence-electron chi connectivity index (χ4n) is 4.43. The van der Waals surface area contributed by atoms with Crippen LogP contribution in [-0.4, -0.2) is 57.2 Å². The minimum Gasteiger partial charge on any atom is -0.497 e. The van der Waals surface area contributed by atoms with Crippen LogP contribution < -0.4 is 15.0 Å². The summed E-state index contributed by atoms with van der Waals surface area (Å²) in [6.45, 7) is 1.47. The monoisotopic (exact) mass is 505 g/mol. The molecule has 0 aromatic heterocycles. The van der Waals surface area contributed by atoms with Gasteiger partial charge in [-0.25, -0.2) is 4.39 Å². The van der Waals surface area contributed by atoms with E-state index in [1.54, 1.807) is 48.4 Å². The molecule has 7 nitrogen and oxygen atoms in total. The third-order valence-electron chi connectivity index (χ3n) is 6.34. The number of rotatable bonds is 9. The molecule has 37 heavy (non-hydrogen) atoms. The average Bonchev–Trinajstić information content (AvgIpc) is 3.41. The maximum atomic E-state index is 13.6. The first-order chi connectivity index (χ1) is 17.8. The van der Waals surface area contributed by atoms with Crippen LogP contribution in [0.2, 0.25) is 0 Å². The normalized spacial score (nSPS) is 14.8. The topological polar surface area (TPSA) is 71.1 Å². The minimum absolute atomic E-state index is 0.0270. The second-order valence-corrected chi connectivity index (χ2v) is 9.25. The van der Waals surface area contributed by atoms with Gasteiger partial charge in [0.15, 0.2) is 0 Å². The Labute approximate surface area is 216 Å². The molecular weight excluding hydrogens is 473 g/mol. The van der Waals surface area contributed by atoms with Crippen LogP contribution in [0.5, 0.6) is 5.75 Å². The number of hydrogen-bond acceptors (Lipinski definition) is 5. The Morgan fingerprint density at radius 1 is 1.05 bits per heavy atom. The van der Waals surface area contributed by atoms with E-state index in [2.05, 4.69) is 5.32 Å². The van der Waals surface area contributed by atoms with Crippen LogP contribution in [0.15, 0.2) is 66.7 Å². The summed E-state index contributed by atoms with van der Waals surface area (Å²) in [5, 5.41) is 2.85. The van der Waals surface area contributed by atoms with E-state index in [0.717, 1.165) is 24.1 Å². The van der Waals surface area contributed by atoms with Crippen LogP contribution in [-0.2, 0) is 11.3 Å². The minimum atomic E-state index is -0.474. The molecule has 1 aliphatic rings. The van der Waals surface area contributed by atoms with Gasteiger partial charge in [-0.15, -0.1) is 0 Å². The molecule has 0 aliphatic carbocycles. The van der Waals surface area contributed by atoms with Crippen LogP contribution in [0.1, 0.15) is 39.1 Å². The van der Waals surface area contributed by atoms with E-state index in [1.165, 1.54) is 18.2 Å². The van der Waals surface area contributed by atoms with Crippen molar-refractivity contribution in [3.05, 3.63) is 89.2 Å². The highest BCUT2D eigenvalue weighted by Gasteiger charge is 2.25. The number of carbonyl (C=O) groups excluding carboxylic acids is 2. The highest BCUT2D eigenvalue weighted by Crippen LogP contribution is 2.27. The summed E-state index contributed by atoms with van der Waals surface area (Å²) in [4.78, 5) is 30.1. The first-order valence-corrected chi connectivity index (χ1v) is 12.3. The molecule has 0 spiro atoms. The third-order valence-corrected chi connectivity index (χ3v) is 6.34. The van der Waals surface area contributed by atoms with E-state index in [9.17, 15) is 14.0 Å². The molecule has 8 heteroatoms. The van der Waals surface area contributed by atoms with Crippen molar-refractivity contribution in [1.29, 1.82) is 0 Å². The lowest BCUT2D eigenvalue weighted by Gasteiger charge is -2.28. The molecule has 1 fully saturated rings. The zero-order valence-corrected chi connectivity index (χ0v) is 21.4. The molecule has 1 aliphatic heterocycles. The lowest BCUT2D eigenvalue weighted by Crippen LogP contribution is -2.37. The van der Waals surface area contributed by atoms with Gasteiger partial charge >= 0.3 is 0 Å². The molecule has 3 aromatic rings. The summed E-state index contributed by atoms with van der Waals surface area (Å²) in [6.07, 6.45) is 1.84. The van der Waals surface area contributed by atoms with Crippen molar-refractivity contribution >= 4 is 23.2 Å². The van der Waals surface area contributed by atoms with Gasteiger partial charge in [-0.1, -0.05) is 6.07 Å². The first-order valence-electron chi connectivity index (χ1n) is 12.3. The molecule has 1 atom stereocenters. The second kappa shape index (κ2) is 11.9. The number of ether oxygens (including phenoxy) is 2. The van der Waals surface area contributed by atoms with Gasteiger partial charge in [0, 0.05) is 56.3 Å². The highest BCUT2D eigenvalue weighted by molar-refractivity contribution is 6.04. The zero-order valence-electron chi connectivity index (χ0n) is 21.4. The summed E-state index contributed by atoms with van der Waals surface area (Å²) in [6, 6.07) is 18.2. The van der Waals surface area contributed by atoms with Gasteiger partial charge in [-0.05, 0) is 79.1 Å². The molecule has 3 aromatic carbocycles. The van der Waals surface area contributed by atoms with E-state index < -0.39 is 11.7 Å². The molecule has 1 N–H and O–H groups in total. The highest BCUT2D eigenvalue weighted by atomic mass is 19.1. The van der Waals surface area contributed by atoms with Crippen molar-refractivity contribution in [2.75, 3.05) is 44.6 Å². The van der Waals surface area contributed by atoms with E-state index >= 15 is 0 Å². The molecule has 0 radical (unpaired) electrons. The molecule has 4 rings (SSSR count). The van der Waals surface area contributed by atoms with Crippen LogP contribution in [0.4, 0.5) is 15.8 Å². The Hall–Kier alpha value is -3.91. The molecule has 0 bridgehead atoms. The fraction of sp³-hybridized carbons (Fsp3) is 0.310. The Morgan fingerprint density at radius 3 is 2.49 bits per heavy atom. The third kappa shape index (κ3) is 6.65. The number of methoxy groups -OCH3 is 1. The van der Waals surface area contributed by atoms with Gasteiger partial charge in [0.2, 0.25) is 0 Å². The summed E-state index contributed by atoms with van der Waals surface area (Å²) in [5.74, 6) is -0.317. The molecule has 1 heterocycles. The van der Waals surface area contributed by atoms with E-state index in [0.29, 0.717) is 36.7 Å². The number of nitrogens with zero attached hydrogens (tertiary/aromatic N) is 2. The fourth-order valence-corrected chi connectivity index (χ4v) is 4.43. The van der Waals surface area contributed by atoms with Crippen molar-refractivity contribution in [3.8, 4) is 5.75 Å². The van der Waals surface area contributed by atoms with Gasteiger partial charge in [0.05, 0.1) is 13.2 Å². The molecular formula is C29H32FN3O4. The van der Waals surface area contributed by atoms with Crippen molar-refractivity contribution in [2.24, 2.45) is 0 Å². The quantitative estimate of drug-likeness (QED) is 0.445. The Balaban J connectivity index is 1.61. The smallest absolute Gasteiger partial charge is 0.255 e. The van der Waals surface area contributed by atoms with Crippen LogP contribution in [0, 0.1) is 5.82 Å². The number of carbonyl (C=O) groups is 2. The standard InChI is InChI=1S/C29H32FN3O4/c1-32(2)27-14-11-24(31-28(34)21-6-4-7-23(30)16-21)17-22(27)18-33(19-26-8-5-15-37-26)29(35)20-9-12-25(36-3)13-10-20/h4,6-7,9-14,16-17,26H,5,8,15,18-19H2,1-3H3,(H,31,34). The molecule has 1 unspecified atom stereocenters. The van der Waals surface area contributed by atoms with Gasteiger partial charge in [-0.2, -0.15) is 0 Å². The first kappa shape index (κ1) is 26.2. The zero-order chi connectivity index (χ0) is 26.4. The van der Waals surface area contributed by atoms with Crippen LogP contribution in [0.3, 0.4) is 0 Å². The Kier molecular flexibility index (Phi) is 8.40. The number of amides is 2. The average molecular weight is 506 g/mol. The summed E-state index contributed by atoms with van der Waals surface area (Å²) in [7, 11) is 5.45. The SMILES string of the molecule is COc1ccc(C(=O)N(Cc2cc(NC(=O)c3cccc(F)c3)ccc2N(C)C)CC2CCCO2)cc1. The summed E-state index contributed by atoms with van der Waals surface area (Å²) in [5.41, 5.74) is 3.13. The predicted octanol–water partition coefficient (Wildman–Crippen LogP) is 4.97. The Bertz CT molecular complexity index is 1240. The molecule has 1 saturated heterocycles. The number of anilines is 2. The Morgan fingerprint density at radius 2 is 1.84 bits per heavy atom. The number of nitrogens with one attached hydrogen (secondary N) is 1. The molecule has 2 amide bonds. The van der Waals surface area contributed by atoms with Crippen LogP contribution in [0.25, 0.3) is 0 Å². The van der Waals surface area contributed by atoms with Crippen molar-refractivity contribution < 1.29 is 23.5 Å². The second-order valence-electron chi connectivity index (χ2n) is 9.25. The number of benzene rings is 3. The van der Waals surface area contributed by atoms with E-state index in [-0.39, 0.29) is 17.6 Å². The van der Waals surface area contributed by atoms with Gasteiger partial charge in [0.1, 0.15) is 11.6 Å². The molecule has 194 valence electrons. The summed E-state index contributed by atoms with van der Waals surface area (Å²) >= 11 is 0. The maximum absolute atomic E-state index is 13.6. The van der Waals surface area contributed by atoms with Crippen molar-refractivity contribution in [1.82, 2.24) is 4.90 Å². The maximum Gasteiger partial charge on any atom is 0.255 e. The van der Waals surface area contributed by atoms with Gasteiger partial charge < -0.3 is 24.6 Å². The van der Waals surface area contributed by atoms with Crippen molar-refractivity contribution in [2.45, 2.75) is 25.5 Å². The number of halogens is 1. The van der Waals surface area contributed by atoms with Gasteiger partial charge in [0.25, 0.3) is 11.8 Å². The largest absolute Gasteiger partial charge is 0.497 e. The van der Waals surface area contributed by atoms with Crippen molar-refractivity contribution in [3.63, 3.8) is 0 Å².